The van der Waals surface area contributed by atoms with Gasteiger partial charge in [-0.2, -0.15) is 0 Å². The number of rotatable bonds is 4. The maximum absolute atomic E-state index is 13.1. The highest BCUT2D eigenvalue weighted by Crippen LogP contribution is 2.16. The summed E-state index contributed by atoms with van der Waals surface area (Å²) in [5.74, 6) is -1.07. The fraction of sp³-hybridized carbons (Fsp3) is 0.364. The Kier molecular flexibility index (Phi) is 4.09. The zero-order valence-electron chi connectivity index (χ0n) is 8.70. The summed E-state index contributed by atoms with van der Waals surface area (Å²) in [7, 11) is 1.31. The molecule has 0 aliphatic carbocycles. The third kappa shape index (κ3) is 3.23. The number of esters is 1. The highest BCUT2D eigenvalue weighted by atomic mass is 19.1. The summed E-state index contributed by atoms with van der Waals surface area (Å²) in [6.45, 7) is 1.76. The molecule has 1 rings (SSSR count). The van der Waals surface area contributed by atoms with Gasteiger partial charge in [-0.05, 0) is 19.1 Å². The van der Waals surface area contributed by atoms with Crippen molar-refractivity contribution in [2.75, 3.05) is 13.7 Å². The van der Waals surface area contributed by atoms with E-state index in [9.17, 15) is 9.18 Å². The smallest absolute Gasteiger partial charge is 0.311 e. The highest BCUT2D eigenvalue weighted by molar-refractivity contribution is 5.71. The molecule has 0 aromatic heterocycles. The molecule has 0 bridgehead atoms. The Balaban J connectivity index is 2.50. The standard InChI is InChI=1S/C11H13FO3/c1-8(11(13)14-2)7-15-10-6-4-3-5-9(10)12/h3-6,8H,7H2,1-2H3. The lowest BCUT2D eigenvalue weighted by molar-refractivity contribution is -0.145. The molecular weight excluding hydrogens is 199 g/mol. The number of benzene rings is 1. The summed E-state index contributed by atoms with van der Waals surface area (Å²) >= 11 is 0. The molecule has 82 valence electrons. The van der Waals surface area contributed by atoms with Crippen LogP contribution in [0, 0.1) is 11.7 Å². The molecule has 0 heterocycles. The largest absolute Gasteiger partial charge is 0.490 e. The minimum atomic E-state index is -0.436. The van der Waals surface area contributed by atoms with Crippen LogP contribution in [0.25, 0.3) is 0 Å². The van der Waals surface area contributed by atoms with Crippen molar-refractivity contribution >= 4 is 5.97 Å². The normalized spacial score (nSPS) is 11.9. The van der Waals surface area contributed by atoms with Gasteiger partial charge in [0.15, 0.2) is 11.6 Å². The quantitative estimate of drug-likeness (QED) is 0.716. The molecule has 4 heteroatoms. The third-order valence-electron chi connectivity index (χ3n) is 1.93. The molecule has 3 nitrogen and oxygen atoms in total. The van der Waals surface area contributed by atoms with Gasteiger partial charge in [0.05, 0.1) is 13.0 Å². The van der Waals surface area contributed by atoms with Crippen molar-refractivity contribution in [3.05, 3.63) is 30.1 Å². The van der Waals surface area contributed by atoms with E-state index in [0.29, 0.717) is 0 Å². The second-order valence-corrected chi connectivity index (χ2v) is 3.17. The zero-order chi connectivity index (χ0) is 11.3. The first-order valence-electron chi connectivity index (χ1n) is 4.60. The van der Waals surface area contributed by atoms with Crippen LogP contribution < -0.4 is 4.74 Å². The van der Waals surface area contributed by atoms with Gasteiger partial charge in [0.2, 0.25) is 0 Å². The number of ether oxygens (including phenoxy) is 2. The number of hydrogen-bond donors (Lipinski definition) is 0. The van der Waals surface area contributed by atoms with Crippen molar-refractivity contribution in [2.45, 2.75) is 6.92 Å². The van der Waals surface area contributed by atoms with E-state index in [1.807, 2.05) is 0 Å². The Bertz CT molecular complexity index is 338. The molecule has 0 saturated carbocycles. The van der Waals surface area contributed by atoms with Crippen molar-refractivity contribution in [3.8, 4) is 5.75 Å². The molecule has 0 amide bonds. The number of carbonyl (C=O) groups excluding carboxylic acids is 1. The lowest BCUT2D eigenvalue weighted by Crippen LogP contribution is -2.20. The number of hydrogen-bond acceptors (Lipinski definition) is 3. The Hall–Kier alpha value is -1.58. The number of methoxy groups -OCH3 is 1. The fourth-order valence-corrected chi connectivity index (χ4v) is 1.05. The summed E-state index contributed by atoms with van der Waals surface area (Å²) < 4.78 is 22.7. The topological polar surface area (TPSA) is 35.5 Å². The molecule has 1 unspecified atom stereocenters. The Morgan fingerprint density at radius 1 is 1.47 bits per heavy atom. The molecule has 1 aromatic rings. The number of carbonyl (C=O) groups is 1. The minimum Gasteiger partial charge on any atom is -0.490 e. The van der Waals surface area contributed by atoms with Crippen molar-refractivity contribution in [1.82, 2.24) is 0 Å². The van der Waals surface area contributed by atoms with Crippen molar-refractivity contribution < 1.29 is 18.7 Å². The van der Waals surface area contributed by atoms with Crippen LogP contribution in [-0.2, 0) is 9.53 Å². The van der Waals surface area contributed by atoms with E-state index < -0.39 is 11.7 Å². The molecule has 1 atom stereocenters. The number of para-hydroxylation sites is 1. The predicted molar refractivity (Wildman–Crippen MR) is 53.1 cm³/mol. The van der Waals surface area contributed by atoms with Gasteiger partial charge in [-0.15, -0.1) is 0 Å². The molecule has 0 radical (unpaired) electrons. The molecule has 0 aliphatic heterocycles. The van der Waals surface area contributed by atoms with Crippen LogP contribution in [0.1, 0.15) is 6.92 Å². The second kappa shape index (κ2) is 5.34. The summed E-state index contributed by atoms with van der Waals surface area (Å²) in [4.78, 5) is 11.0. The van der Waals surface area contributed by atoms with Crippen LogP contribution in [0.3, 0.4) is 0 Å². The average Bonchev–Trinajstić information content (AvgIpc) is 2.26. The fourth-order valence-electron chi connectivity index (χ4n) is 1.05. The first kappa shape index (κ1) is 11.5. The Labute approximate surface area is 87.8 Å². The zero-order valence-corrected chi connectivity index (χ0v) is 8.70. The predicted octanol–water partition coefficient (Wildman–Crippen LogP) is 2.01. The van der Waals surface area contributed by atoms with Gasteiger partial charge in [-0.25, -0.2) is 4.39 Å². The van der Waals surface area contributed by atoms with E-state index in [1.165, 1.54) is 19.2 Å². The van der Waals surface area contributed by atoms with Gasteiger partial charge in [0.25, 0.3) is 0 Å². The molecule has 15 heavy (non-hydrogen) atoms. The molecule has 0 aliphatic rings. The Morgan fingerprint density at radius 2 is 2.13 bits per heavy atom. The first-order valence-corrected chi connectivity index (χ1v) is 4.60. The van der Waals surface area contributed by atoms with Crippen LogP contribution in [0.4, 0.5) is 4.39 Å². The van der Waals surface area contributed by atoms with E-state index in [4.69, 9.17) is 4.74 Å². The van der Waals surface area contributed by atoms with Crippen LogP contribution in [0.15, 0.2) is 24.3 Å². The highest BCUT2D eigenvalue weighted by Gasteiger charge is 2.14. The summed E-state index contributed by atoms with van der Waals surface area (Å²) in [5, 5.41) is 0. The molecule has 1 aromatic carbocycles. The monoisotopic (exact) mass is 212 g/mol. The third-order valence-corrected chi connectivity index (χ3v) is 1.93. The minimum absolute atomic E-state index is 0.105. The molecular formula is C11H13FO3. The van der Waals surface area contributed by atoms with E-state index in [2.05, 4.69) is 4.74 Å². The average molecular weight is 212 g/mol. The van der Waals surface area contributed by atoms with Gasteiger partial charge < -0.3 is 9.47 Å². The van der Waals surface area contributed by atoms with Crippen LogP contribution in [-0.4, -0.2) is 19.7 Å². The van der Waals surface area contributed by atoms with Crippen molar-refractivity contribution in [3.63, 3.8) is 0 Å². The van der Waals surface area contributed by atoms with Crippen LogP contribution in [0.2, 0.25) is 0 Å². The van der Waals surface area contributed by atoms with Gasteiger partial charge in [-0.3, -0.25) is 4.79 Å². The Morgan fingerprint density at radius 3 is 2.73 bits per heavy atom. The van der Waals surface area contributed by atoms with E-state index in [0.717, 1.165) is 0 Å². The van der Waals surface area contributed by atoms with E-state index in [-0.39, 0.29) is 18.3 Å². The van der Waals surface area contributed by atoms with Crippen molar-refractivity contribution in [2.24, 2.45) is 5.92 Å². The van der Waals surface area contributed by atoms with E-state index >= 15 is 0 Å². The molecule has 0 saturated heterocycles. The van der Waals surface area contributed by atoms with E-state index in [1.54, 1.807) is 19.1 Å². The first-order chi connectivity index (χ1) is 7.15. The van der Waals surface area contributed by atoms with Gasteiger partial charge in [0, 0.05) is 0 Å². The summed E-state index contributed by atoms with van der Waals surface area (Å²) in [6, 6.07) is 6.06. The molecule has 0 fully saturated rings. The maximum atomic E-state index is 13.1. The van der Waals surface area contributed by atoms with Gasteiger partial charge in [0.1, 0.15) is 6.61 Å². The summed E-state index contributed by atoms with van der Waals surface area (Å²) in [5.41, 5.74) is 0. The maximum Gasteiger partial charge on any atom is 0.311 e. The number of halogens is 1. The van der Waals surface area contributed by atoms with Crippen LogP contribution in [0.5, 0.6) is 5.75 Å². The lowest BCUT2D eigenvalue weighted by Gasteiger charge is -2.11. The van der Waals surface area contributed by atoms with Crippen LogP contribution >= 0.6 is 0 Å². The molecule has 0 N–H and O–H groups in total. The van der Waals surface area contributed by atoms with Gasteiger partial charge in [-0.1, -0.05) is 12.1 Å². The lowest BCUT2D eigenvalue weighted by atomic mass is 10.2. The van der Waals surface area contributed by atoms with Crippen molar-refractivity contribution in [1.29, 1.82) is 0 Å². The second-order valence-electron chi connectivity index (χ2n) is 3.17. The molecule has 0 spiro atoms. The SMILES string of the molecule is COC(=O)C(C)COc1ccccc1F. The van der Waals surface area contributed by atoms with Gasteiger partial charge >= 0.3 is 5.97 Å². The summed E-state index contributed by atoms with van der Waals surface area (Å²) in [6.07, 6.45) is 0.